The van der Waals surface area contributed by atoms with Gasteiger partial charge in [-0.25, -0.2) is 14.5 Å². The molecule has 2 aromatic carbocycles. The van der Waals surface area contributed by atoms with Crippen LogP contribution in [0.1, 0.15) is 43.9 Å². The summed E-state index contributed by atoms with van der Waals surface area (Å²) in [5, 5.41) is 24.0. The average Bonchev–Trinajstić information content (AvgIpc) is 3.31. The molecule has 9 nitrogen and oxygen atoms in total. The van der Waals surface area contributed by atoms with Gasteiger partial charge in [-0.05, 0) is 74.2 Å². The van der Waals surface area contributed by atoms with Crippen molar-refractivity contribution in [1.82, 2.24) is 25.3 Å². The van der Waals surface area contributed by atoms with Gasteiger partial charge in [0.05, 0.1) is 18.4 Å². The lowest BCUT2D eigenvalue weighted by Crippen LogP contribution is -2.42. The van der Waals surface area contributed by atoms with Gasteiger partial charge < -0.3 is 15.7 Å². The van der Waals surface area contributed by atoms with Crippen molar-refractivity contribution < 1.29 is 14.7 Å². The van der Waals surface area contributed by atoms with E-state index in [2.05, 4.69) is 25.9 Å². The zero-order chi connectivity index (χ0) is 26.5. The Morgan fingerprint density at radius 2 is 1.68 bits per heavy atom. The number of aryl methyl sites for hydroxylation is 4. The minimum absolute atomic E-state index is 0.154. The Hall–Kier alpha value is -4.53. The van der Waals surface area contributed by atoms with Crippen LogP contribution in [0.2, 0.25) is 0 Å². The van der Waals surface area contributed by atoms with Gasteiger partial charge in [-0.15, -0.1) is 5.10 Å². The normalized spacial score (nSPS) is 11.7. The zero-order valence-corrected chi connectivity index (χ0v) is 21.3. The fourth-order valence-corrected chi connectivity index (χ4v) is 4.31. The maximum atomic E-state index is 12.9. The predicted molar refractivity (Wildman–Crippen MR) is 141 cm³/mol. The van der Waals surface area contributed by atoms with E-state index in [0.29, 0.717) is 12.1 Å². The number of rotatable bonds is 9. The van der Waals surface area contributed by atoms with Crippen molar-refractivity contribution in [2.24, 2.45) is 0 Å². The number of hydrogen-bond acceptors (Lipinski definition) is 6. The third-order valence-corrected chi connectivity index (χ3v) is 6.06. The SMILES string of the molecule is Cc1ccnc(NCc2cn(-c3ccc(CC(NC(=O)c4c(C)cc(C)cc4C)C(=O)O)cc3)nn2)c1. The van der Waals surface area contributed by atoms with E-state index < -0.39 is 12.0 Å². The molecular weight excluding hydrogens is 468 g/mol. The molecule has 1 amide bonds. The summed E-state index contributed by atoms with van der Waals surface area (Å²) in [5.41, 5.74) is 6.65. The van der Waals surface area contributed by atoms with E-state index in [9.17, 15) is 14.7 Å². The first-order chi connectivity index (χ1) is 17.7. The molecule has 0 aliphatic carbocycles. The monoisotopic (exact) mass is 498 g/mol. The van der Waals surface area contributed by atoms with E-state index in [1.807, 2.05) is 82.4 Å². The molecule has 0 radical (unpaired) electrons. The number of carboxylic acids is 1. The first kappa shape index (κ1) is 25.6. The highest BCUT2D eigenvalue weighted by Gasteiger charge is 2.23. The highest BCUT2D eigenvalue weighted by Crippen LogP contribution is 2.17. The number of nitrogens with one attached hydrogen (secondary N) is 2. The van der Waals surface area contributed by atoms with Crippen molar-refractivity contribution in [2.75, 3.05) is 5.32 Å². The molecule has 0 bridgehead atoms. The third kappa shape index (κ3) is 6.38. The molecule has 3 N–H and O–H groups in total. The van der Waals surface area contributed by atoms with Gasteiger partial charge >= 0.3 is 5.97 Å². The number of carbonyl (C=O) groups is 2. The van der Waals surface area contributed by atoms with E-state index in [-0.39, 0.29) is 12.3 Å². The summed E-state index contributed by atoms with van der Waals surface area (Å²) in [7, 11) is 0. The number of aliphatic carboxylic acids is 1. The molecule has 0 saturated carbocycles. The van der Waals surface area contributed by atoms with E-state index >= 15 is 0 Å². The quantitative estimate of drug-likeness (QED) is 0.320. The molecular formula is C28H30N6O3. The van der Waals surface area contributed by atoms with Crippen molar-refractivity contribution in [3.8, 4) is 5.69 Å². The van der Waals surface area contributed by atoms with Crippen LogP contribution in [-0.2, 0) is 17.8 Å². The lowest BCUT2D eigenvalue weighted by atomic mass is 9.98. The summed E-state index contributed by atoms with van der Waals surface area (Å²) in [6.07, 6.45) is 3.73. The molecule has 4 rings (SSSR count). The standard InChI is InChI=1S/C28H30N6O3/c1-17-9-10-29-25(13-17)30-15-22-16-34(33-32-22)23-7-5-21(6-8-23)14-24(28(36)37)31-27(35)26-19(3)11-18(2)12-20(26)4/h5-13,16,24H,14-15H2,1-4H3,(H,29,30)(H,31,35)(H,36,37). The topological polar surface area (TPSA) is 122 Å². The fraction of sp³-hybridized carbons (Fsp3) is 0.250. The molecule has 190 valence electrons. The Morgan fingerprint density at radius 3 is 2.32 bits per heavy atom. The number of benzene rings is 2. The second kappa shape index (κ2) is 11.0. The van der Waals surface area contributed by atoms with Crippen LogP contribution in [0.5, 0.6) is 0 Å². The fourth-order valence-electron chi connectivity index (χ4n) is 4.31. The molecule has 2 heterocycles. The molecule has 1 atom stereocenters. The van der Waals surface area contributed by atoms with Crippen LogP contribution in [0.25, 0.3) is 5.69 Å². The Labute approximate surface area is 215 Å². The van der Waals surface area contributed by atoms with Crippen molar-refractivity contribution in [3.63, 3.8) is 0 Å². The molecule has 0 aliphatic heterocycles. The second-order valence-corrected chi connectivity index (χ2v) is 9.24. The number of nitrogens with zero attached hydrogens (tertiary/aromatic N) is 4. The number of anilines is 1. The van der Waals surface area contributed by atoms with Gasteiger partial charge in [0.25, 0.3) is 5.91 Å². The Kier molecular flexibility index (Phi) is 7.62. The van der Waals surface area contributed by atoms with Crippen LogP contribution in [0, 0.1) is 27.7 Å². The lowest BCUT2D eigenvalue weighted by molar-refractivity contribution is -0.139. The first-order valence-electron chi connectivity index (χ1n) is 12.0. The van der Waals surface area contributed by atoms with E-state index in [4.69, 9.17) is 0 Å². The van der Waals surface area contributed by atoms with Crippen LogP contribution in [0.15, 0.2) is 60.9 Å². The van der Waals surface area contributed by atoms with Crippen LogP contribution in [0.4, 0.5) is 5.82 Å². The largest absolute Gasteiger partial charge is 0.480 e. The molecule has 0 aliphatic rings. The van der Waals surface area contributed by atoms with Gasteiger partial charge in [0, 0.05) is 18.2 Å². The number of hydrogen-bond donors (Lipinski definition) is 3. The molecule has 0 spiro atoms. The van der Waals surface area contributed by atoms with Gasteiger partial charge in [0.2, 0.25) is 0 Å². The summed E-state index contributed by atoms with van der Waals surface area (Å²) < 4.78 is 1.66. The van der Waals surface area contributed by atoms with Crippen molar-refractivity contribution >= 4 is 17.7 Å². The van der Waals surface area contributed by atoms with Crippen LogP contribution in [0.3, 0.4) is 0 Å². The maximum Gasteiger partial charge on any atom is 0.326 e. The van der Waals surface area contributed by atoms with Crippen molar-refractivity contribution in [3.05, 3.63) is 100.0 Å². The molecule has 1 unspecified atom stereocenters. The maximum absolute atomic E-state index is 12.9. The average molecular weight is 499 g/mol. The summed E-state index contributed by atoms with van der Waals surface area (Å²) in [6, 6.07) is 14.0. The summed E-state index contributed by atoms with van der Waals surface area (Å²) >= 11 is 0. The van der Waals surface area contributed by atoms with Gasteiger partial charge in [-0.2, -0.15) is 0 Å². The Morgan fingerprint density at radius 1 is 0.973 bits per heavy atom. The van der Waals surface area contributed by atoms with Gasteiger partial charge in [0.1, 0.15) is 17.6 Å². The number of carbonyl (C=O) groups excluding carboxylic acids is 1. The second-order valence-electron chi connectivity index (χ2n) is 9.24. The van der Waals surface area contributed by atoms with E-state index in [1.165, 1.54) is 0 Å². The van der Waals surface area contributed by atoms with Crippen molar-refractivity contribution in [1.29, 1.82) is 0 Å². The number of amides is 1. The van der Waals surface area contributed by atoms with Gasteiger partial charge in [0.15, 0.2) is 0 Å². The summed E-state index contributed by atoms with van der Waals surface area (Å²) in [4.78, 5) is 29.1. The number of pyridine rings is 1. The van der Waals surface area contributed by atoms with E-state index in [1.54, 1.807) is 10.9 Å². The van der Waals surface area contributed by atoms with Crippen LogP contribution in [-0.4, -0.2) is 43.0 Å². The molecule has 0 saturated heterocycles. The number of carboxylic acid groups (broad SMARTS) is 1. The first-order valence-corrected chi connectivity index (χ1v) is 12.0. The molecule has 0 fully saturated rings. The Balaban J connectivity index is 1.40. The Bertz CT molecular complexity index is 1410. The van der Waals surface area contributed by atoms with E-state index in [0.717, 1.165) is 45.0 Å². The minimum Gasteiger partial charge on any atom is -0.480 e. The molecule has 2 aromatic heterocycles. The smallest absolute Gasteiger partial charge is 0.326 e. The van der Waals surface area contributed by atoms with Crippen LogP contribution >= 0.6 is 0 Å². The number of aromatic nitrogens is 4. The zero-order valence-electron chi connectivity index (χ0n) is 21.3. The minimum atomic E-state index is -1.09. The summed E-state index contributed by atoms with van der Waals surface area (Å²) in [6.45, 7) is 8.16. The van der Waals surface area contributed by atoms with Gasteiger partial charge in [-0.3, -0.25) is 4.79 Å². The third-order valence-electron chi connectivity index (χ3n) is 6.06. The molecule has 9 heteroatoms. The summed E-state index contributed by atoms with van der Waals surface area (Å²) in [5.74, 6) is -0.702. The van der Waals surface area contributed by atoms with Crippen LogP contribution < -0.4 is 10.6 Å². The molecule has 37 heavy (non-hydrogen) atoms. The van der Waals surface area contributed by atoms with Crippen molar-refractivity contribution in [2.45, 2.75) is 46.7 Å². The predicted octanol–water partition coefficient (Wildman–Crippen LogP) is 3.93. The highest BCUT2D eigenvalue weighted by atomic mass is 16.4. The highest BCUT2D eigenvalue weighted by molar-refractivity contribution is 5.99. The lowest BCUT2D eigenvalue weighted by Gasteiger charge is -2.17. The van der Waals surface area contributed by atoms with Gasteiger partial charge in [-0.1, -0.05) is 35.0 Å². The molecule has 4 aromatic rings.